The van der Waals surface area contributed by atoms with E-state index in [1.54, 1.807) is 83.8 Å². The van der Waals surface area contributed by atoms with Gasteiger partial charge in [0.25, 0.3) is 11.8 Å². The van der Waals surface area contributed by atoms with Crippen molar-refractivity contribution in [2.75, 3.05) is 11.9 Å². The average molecular weight is 844 g/mol. The number of alkyl halides is 3. The fraction of sp³-hybridized carbons (Fsp3) is 0.111. The Labute approximate surface area is 340 Å². The van der Waals surface area contributed by atoms with Gasteiger partial charge in [-0.2, -0.15) is 0 Å². The number of likely N-dealkylation sites (N-methyl/N-ethyl adjacent to an activating group) is 1. The molecule has 2 heterocycles. The smallest absolute Gasteiger partial charge is 0.406 e. The lowest BCUT2D eigenvalue weighted by Crippen LogP contribution is -2.48. The molecule has 6 aromatic rings. The molecule has 9 nitrogen and oxygen atoms in total. The summed E-state index contributed by atoms with van der Waals surface area (Å²) < 4.78 is 44.3. The largest absolute Gasteiger partial charge is 0.573 e. The van der Waals surface area contributed by atoms with E-state index < -0.39 is 29.1 Å². The number of anilines is 1. The number of halogens is 4. The molecule has 0 spiro atoms. The SMILES string of the molecule is CN1C(=N)N(c2ccc(CN3C(=N)NC(c4ccccc4)(c4ccccc4)C3=O)cc2)C(c2ccccc2)(c2cccc(-c3cc(Br)cc(OC(F)(F)F)c3)c2)C1=O. The number of nitrogens with zero attached hydrogens (tertiary/aromatic N) is 3. The molecular weight excluding hydrogens is 809 g/mol. The van der Waals surface area contributed by atoms with Crippen molar-refractivity contribution in [3.05, 3.63) is 190 Å². The van der Waals surface area contributed by atoms with Gasteiger partial charge in [0.1, 0.15) is 5.75 Å². The van der Waals surface area contributed by atoms with Gasteiger partial charge in [0, 0.05) is 17.2 Å². The van der Waals surface area contributed by atoms with Crippen LogP contribution in [0.4, 0.5) is 18.9 Å². The molecule has 13 heteroatoms. The minimum atomic E-state index is -4.90. The molecule has 0 aliphatic carbocycles. The fourth-order valence-corrected chi connectivity index (χ4v) is 8.35. The Bertz CT molecular complexity index is 2520. The van der Waals surface area contributed by atoms with Gasteiger partial charge in [-0.3, -0.25) is 35.1 Å². The van der Waals surface area contributed by atoms with Crippen LogP contribution in [0.5, 0.6) is 5.75 Å². The topological polar surface area (TPSA) is 113 Å². The van der Waals surface area contributed by atoms with E-state index in [9.17, 15) is 28.2 Å². The highest BCUT2D eigenvalue weighted by Gasteiger charge is 2.58. The number of carbonyl (C=O) groups is 2. The van der Waals surface area contributed by atoms with Crippen LogP contribution in [-0.4, -0.2) is 46.9 Å². The maximum atomic E-state index is 14.7. The number of rotatable bonds is 9. The molecule has 2 fully saturated rings. The highest BCUT2D eigenvalue weighted by atomic mass is 79.9. The number of carbonyl (C=O) groups excluding carboxylic acids is 2. The Kier molecular flexibility index (Phi) is 9.64. The first-order valence-electron chi connectivity index (χ1n) is 18.1. The number of nitrogens with one attached hydrogen (secondary N) is 3. The standard InChI is InChI=1S/C45H34BrF3N6O3/c1-53-40(57)44(34-17-9-4-10-18-34,35-19-11-12-30(24-35)31-25-36(46)27-38(26-31)58-45(47,48)49)55(42(53)51)37-22-20-29(21-23-37)28-54-39(56)43(52-41(54)50,32-13-5-2-6-14-32)33-15-7-3-8-16-33/h2-27,51H,28H2,1H3,(H2,50,52). The molecule has 6 aromatic carbocycles. The van der Waals surface area contributed by atoms with Crippen LogP contribution >= 0.6 is 15.9 Å². The van der Waals surface area contributed by atoms with Crippen molar-refractivity contribution >= 4 is 45.4 Å². The summed E-state index contributed by atoms with van der Waals surface area (Å²) in [4.78, 5) is 33.5. The molecule has 0 radical (unpaired) electrons. The zero-order valence-electron chi connectivity index (χ0n) is 30.8. The van der Waals surface area contributed by atoms with Gasteiger partial charge in [0.05, 0.1) is 6.54 Å². The van der Waals surface area contributed by atoms with Gasteiger partial charge in [-0.1, -0.05) is 137 Å². The molecule has 8 rings (SSSR count). The van der Waals surface area contributed by atoms with Crippen LogP contribution in [0.15, 0.2) is 162 Å². The van der Waals surface area contributed by atoms with Gasteiger partial charge in [-0.25, -0.2) is 0 Å². The second-order valence-corrected chi connectivity index (χ2v) is 14.8. The predicted octanol–water partition coefficient (Wildman–Crippen LogP) is 8.98. The highest BCUT2D eigenvalue weighted by molar-refractivity contribution is 9.10. The second-order valence-electron chi connectivity index (χ2n) is 13.9. The summed E-state index contributed by atoms with van der Waals surface area (Å²) in [5.41, 5.74) is 1.63. The molecule has 290 valence electrons. The summed E-state index contributed by atoms with van der Waals surface area (Å²) in [6.07, 6.45) is -4.90. The number of guanidine groups is 2. The molecule has 1 unspecified atom stereocenters. The zero-order valence-corrected chi connectivity index (χ0v) is 32.4. The van der Waals surface area contributed by atoms with E-state index in [-0.39, 0.29) is 24.4 Å². The monoisotopic (exact) mass is 842 g/mol. The summed E-state index contributed by atoms with van der Waals surface area (Å²) >= 11 is 3.30. The van der Waals surface area contributed by atoms with Crippen molar-refractivity contribution in [2.45, 2.75) is 24.0 Å². The molecule has 2 aliphatic rings. The Morgan fingerprint density at radius 2 is 1.24 bits per heavy atom. The molecule has 0 saturated carbocycles. The molecule has 2 saturated heterocycles. The minimum Gasteiger partial charge on any atom is -0.406 e. The van der Waals surface area contributed by atoms with Gasteiger partial charge < -0.3 is 10.1 Å². The first-order chi connectivity index (χ1) is 27.8. The zero-order chi connectivity index (χ0) is 40.8. The predicted molar refractivity (Wildman–Crippen MR) is 218 cm³/mol. The van der Waals surface area contributed by atoms with Gasteiger partial charge in [-0.05, 0) is 75.3 Å². The Morgan fingerprint density at radius 3 is 1.83 bits per heavy atom. The number of hydrogen-bond acceptors (Lipinski definition) is 5. The van der Waals surface area contributed by atoms with E-state index in [0.29, 0.717) is 49.1 Å². The molecule has 2 aliphatic heterocycles. The van der Waals surface area contributed by atoms with Crippen LogP contribution in [0.2, 0.25) is 0 Å². The van der Waals surface area contributed by atoms with Crippen molar-refractivity contribution in [1.82, 2.24) is 15.1 Å². The normalized spacial score (nSPS) is 17.8. The van der Waals surface area contributed by atoms with Crippen LogP contribution in [0, 0.1) is 10.8 Å². The number of amides is 2. The fourth-order valence-electron chi connectivity index (χ4n) is 7.88. The molecular formula is C45H34BrF3N6O3. The number of benzene rings is 6. The van der Waals surface area contributed by atoms with Crippen molar-refractivity contribution in [2.24, 2.45) is 0 Å². The summed E-state index contributed by atoms with van der Waals surface area (Å²) in [5, 5.41) is 21.4. The summed E-state index contributed by atoms with van der Waals surface area (Å²) in [5.74, 6) is -1.29. The van der Waals surface area contributed by atoms with Crippen LogP contribution in [0.25, 0.3) is 11.1 Å². The maximum absolute atomic E-state index is 14.7. The first-order valence-corrected chi connectivity index (χ1v) is 18.9. The first kappa shape index (κ1) is 38.2. The molecule has 3 N–H and O–H groups in total. The second kappa shape index (κ2) is 14.6. The van der Waals surface area contributed by atoms with Gasteiger partial charge in [0.15, 0.2) is 17.0 Å². The third kappa shape index (κ3) is 6.46. The quantitative estimate of drug-likeness (QED) is 0.135. The Balaban J connectivity index is 1.18. The van der Waals surface area contributed by atoms with Gasteiger partial charge in [-0.15, -0.1) is 13.2 Å². The number of ether oxygens (including phenoxy) is 1. The van der Waals surface area contributed by atoms with E-state index in [4.69, 9.17) is 5.41 Å². The molecule has 1 atom stereocenters. The van der Waals surface area contributed by atoms with E-state index >= 15 is 0 Å². The number of hydrogen-bond donors (Lipinski definition) is 3. The summed E-state index contributed by atoms with van der Waals surface area (Å²) in [6.45, 7) is 0.0706. The van der Waals surface area contributed by atoms with E-state index in [0.717, 1.165) is 0 Å². The van der Waals surface area contributed by atoms with E-state index in [1.165, 1.54) is 29.0 Å². The molecule has 0 aromatic heterocycles. The highest BCUT2D eigenvalue weighted by Crippen LogP contribution is 2.46. The maximum Gasteiger partial charge on any atom is 0.573 e. The lowest BCUT2D eigenvalue weighted by Gasteiger charge is -2.37. The van der Waals surface area contributed by atoms with Crippen molar-refractivity contribution < 1.29 is 27.5 Å². The Hall–Kier alpha value is -6.73. The van der Waals surface area contributed by atoms with Crippen LogP contribution in [-0.2, 0) is 27.2 Å². The summed E-state index contributed by atoms with van der Waals surface area (Å²) in [6, 6.07) is 45.9. The molecule has 58 heavy (non-hydrogen) atoms. The van der Waals surface area contributed by atoms with Gasteiger partial charge in [0.2, 0.25) is 5.96 Å². The molecule has 2 amide bonds. The average Bonchev–Trinajstić information content (AvgIpc) is 3.59. The third-order valence-electron chi connectivity index (χ3n) is 10.5. The Morgan fingerprint density at radius 1 is 0.672 bits per heavy atom. The van der Waals surface area contributed by atoms with Gasteiger partial charge >= 0.3 is 6.36 Å². The molecule has 0 bridgehead atoms. The van der Waals surface area contributed by atoms with Crippen LogP contribution in [0.3, 0.4) is 0 Å². The van der Waals surface area contributed by atoms with Crippen molar-refractivity contribution in [1.29, 1.82) is 10.8 Å². The van der Waals surface area contributed by atoms with Crippen LogP contribution < -0.4 is 15.0 Å². The lowest BCUT2D eigenvalue weighted by molar-refractivity contribution is -0.274. The van der Waals surface area contributed by atoms with E-state index in [1.807, 2.05) is 66.7 Å². The minimum absolute atomic E-state index is 0.0548. The van der Waals surface area contributed by atoms with Crippen LogP contribution in [0.1, 0.15) is 27.8 Å². The summed E-state index contributed by atoms with van der Waals surface area (Å²) in [7, 11) is 1.53. The lowest BCUT2D eigenvalue weighted by atomic mass is 9.80. The van der Waals surface area contributed by atoms with E-state index in [2.05, 4.69) is 26.0 Å². The van der Waals surface area contributed by atoms with Crippen molar-refractivity contribution in [3.8, 4) is 16.9 Å². The third-order valence-corrected chi connectivity index (χ3v) is 10.9. The van der Waals surface area contributed by atoms with Crippen molar-refractivity contribution in [3.63, 3.8) is 0 Å².